The summed E-state index contributed by atoms with van der Waals surface area (Å²) in [5, 5.41) is 2.13. The first kappa shape index (κ1) is 17.2. The van der Waals surface area contributed by atoms with E-state index in [1.54, 1.807) is 23.6 Å². The summed E-state index contributed by atoms with van der Waals surface area (Å²) in [7, 11) is 0. The van der Waals surface area contributed by atoms with Gasteiger partial charge in [0.25, 0.3) is 5.91 Å². The van der Waals surface area contributed by atoms with Gasteiger partial charge >= 0.3 is 35.6 Å². The maximum atomic E-state index is 12.5. The van der Waals surface area contributed by atoms with Crippen molar-refractivity contribution in [2.45, 2.75) is 5.92 Å². The van der Waals surface area contributed by atoms with Crippen molar-refractivity contribution in [3.8, 4) is 0 Å². The van der Waals surface area contributed by atoms with Crippen molar-refractivity contribution in [2.24, 2.45) is 5.73 Å². The number of hydrogen-bond donors (Lipinski definition) is 1. The van der Waals surface area contributed by atoms with Gasteiger partial charge in [0.1, 0.15) is 5.92 Å². The van der Waals surface area contributed by atoms with Crippen LogP contribution in [0.3, 0.4) is 0 Å². The number of benzene rings is 1. The van der Waals surface area contributed by atoms with Crippen LogP contribution in [0, 0.1) is 0 Å². The standard InChI is InChI=1S/C14H9ClN2O3S.Na.H/c15-7-3-4-9-8(6-7)11(13(19)17(9)14(16)20)12(18)10-2-1-5-21-10;;/h1-6,11H,(H2,16,20);;. The van der Waals surface area contributed by atoms with Crippen molar-refractivity contribution in [3.05, 3.63) is 51.2 Å². The second-order valence-electron chi connectivity index (χ2n) is 4.49. The topological polar surface area (TPSA) is 80.5 Å². The monoisotopic (exact) mass is 344 g/mol. The van der Waals surface area contributed by atoms with E-state index in [1.807, 2.05) is 0 Å². The Bertz CT molecular complexity index is 763. The predicted molar refractivity (Wildman–Crippen MR) is 87.1 cm³/mol. The maximum absolute atomic E-state index is 12.5. The summed E-state index contributed by atoms with van der Waals surface area (Å²) in [6, 6.07) is 7.03. The Morgan fingerprint density at radius 1 is 1.27 bits per heavy atom. The number of thiophene rings is 1. The van der Waals surface area contributed by atoms with Crippen molar-refractivity contribution < 1.29 is 14.4 Å². The van der Waals surface area contributed by atoms with Crippen LogP contribution in [0.15, 0.2) is 35.7 Å². The third-order valence-electron chi connectivity index (χ3n) is 3.26. The molecule has 0 saturated carbocycles. The summed E-state index contributed by atoms with van der Waals surface area (Å²) in [5.41, 5.74) is 5.97. The van der Waals surface area contributed by atoms with Gasteiger partial charge in [0.15, 0.2) is 5.78 Å². The van der Waals surface area contributed by atoms with Gasteiger partial charge in [-0.1, -0.05) is 17.7 Å². The third kappa shape index (κ3) is 2.73. The van der Waals surface area contributed by atoms with Crippen LogP contribution in [0.5, 0.6) is 0 Å². The Kier molecular flexibility index (Phi) is 5.09. The second kappa shape index (κ2) is 6.52. The van der Waals surface area contributed by atoms with Crippen LogP contribution in [-0.4, -0.2) is 47.3 Å². The van der Waals surface area contributed by atoms with Crippen LogP contribution in [-0.2, 0) is 4.79 Å². The van der Waals surface area contributed by atoms with Crippen LogP contribution in [0.25, 0.3) is 0 Å². The number of hydrogen-bond acceptors (Lipinski definition) is 4. The Morgan fingerprint density at radius 2 is 2.00 bits per heavy atom. The molecule has 1 aliphatic rings. The molecule has 0 fully saturated rings. The van der Waals surface area contributed by atoms with Gasteiger partial charge in [-0.2, -0.15) is 0 Å². The number of rotatable bonds is 2. The summed E-state index contributed by atoms with van der Waals surface area (Å²) >= 11 is 7.18. The van der Waals surface area contributed by atoms with Gasteiger partial charge in [0, 0.05) is 5.02 Å². The summed E-state index contributed by atoms with van der Waals surface area (Å²) in [6.45, 7) is 0. The van der Waals surface area contributed by atoms with Crippen LogP contribution in [0.4, 0.5) is 10.5 Å². The summed E-state index contributed by atoms with van der Waals surface area (Å²) < 4.78 is 0. The molecule has 1 aliphatic heterocycles. The minimum absolute atomic E-state index is 0. The molecular weight excluding hydrogens is 335 g/mol. The van der Waals surface area contributed by atoms with E-state index < -0.39 is 17.9 Å². The number of amides is 3. The number of imide groups is 1. The SMILES string of the molecule is NC(=O)N1C(=O)C(C(=O)c2cccs2)c2cc(Cl)ccc21.[NaH]. The van der Waals surface area contributed by atoms with E-state index in [0.717, 1.165) is 4.90 Å². The van der Waals surface area contributed by atoms with Gasteiger partial charge in [0.2, 0.25) is 0 Å². The molecule has 1 atom stereocenters. The van der Waals surface area contributed by atoms with Crippen molar-refractivity contribution in [2.75, 3.05) is 4.90 Å². The molecule has 3 rings (SSSR count). The van der Waals surface area contributed by atoms with E-state index in [2.05, 4.69) is 0 Å². The summed E-state index contributed by atoms with van der Waals surface area (Å²) in [5.74, 6) is -2.08. The molecule has 1 aromatic heterocycles. The average molecular weight is 345 g/mol. The molecule has 2 aromatic rings. The van der Waals surface area contributed by atoms with Gasteiger partial charge in [-0.3, -0.25) is 9.59 Å². The quantitative estimate of drug-likeness (QED) is 0.515. The van der Waals surface area contributed by atoms with Gasteiger partial charge < -0.3 is 5.73 Å². The molecule has 108 valence electrons. The molecule has 2 heterocycles. The summed E-state index contributed by atoms with van der Waals surface area (Å²) in [6.07, 6.45) is 0. The van der Waals surface area contributed by atoms with E-state index in [9.17, 15) is 14.4 Å². The zero-order valence-electron chi connectivity index (χ0n) is 10.6. The number of carbonyl (C=O) groups is 3. The van der Waals surface area contributed by atoms with Gasteiger partial charge in [-0.15, -0.1) is 11.3 Å². The number of primary amides is 1. The minimum atomic E-state index is -1.08. The molecule has 5 nitrogen and oxygen atoms in total. The predicted octanol–water partition coefficient (Wildman–Crippen LogP) is 2.14. The van der Waals surface area contributed by atoms with Crippen molar-refractivity contribution >= 4 is 75.9 Å². The van der Waals surface area contributed by atoms with Gasteiger partial charge in [-0.25, -0.2) is 9.69 Å². The van der Waals surface area contributed by atoms with Gasteiger partial charge in [-0.05, 0) is 35.2 Å². The first-order valence-corrected chi connectivity index (χ1v) is 7.27. The number of nitrogens with zero attached hydrogens (tertiary/aromatic N) is 1. The third-order valence-corrected chi connectivity index (χ3v) is 4.37. The number of anilines is 1. The zero-order valence-corrected chi connectivity index (χ0v) is 12.1. The van der Waals surface area contributed by atoms with Crippen LogP contribution in [0.1, 0.15) is 21.2 Å². The molecule has 0 radical (unpaired) electrons. The Hall–Kier alpha value is -1.18. The van der Waals surface area contributed by atoms with Crippen molar-refractivity contribution in [3.63, 3.8) is 0 Å². The van der Waals surface area contributed by atoms with Crippen molar-refractivity contribution in [1.29, 1.82) is 0 Å². The second-order valence-corrected chi connectivity index (χ2v) is 5.87. The average Bonchev–Trinajstić information content (AvgIpc) is 3.03. The number of Topliss-reactive ketones (excluding diaryl/α,β-unsaturated/α-hetero) is 1. The van der Waals surface area contributed by atoms with Crippen LogP contribution < -0.4 is 10.6 Å². The van der Waals surface area contributed by atoms with E-state index in [0.29, 0.717) is 21.2 Å². The first-order valence-electron chi connectivity index (χ1n) is 6.01. The van der Waals surface area contributed by atoms with Crippen molar-refractivity contribution in [1.82, 2.24) is 0 Å². The zero-order chi connectivity index (χ0) is 15.1. The van der Waals surface area contributed by atoms with Crippen LogP contribution in [0.2, 0.25) is 5.02 Å². The Balaban J connectivity index is 0.00000176. The van der Waals surface area contributed by atoms with E-state index >= 15 is 0 Å². The Morgan fingerprint density at radius 3 is 2.59 bits per heavy atom. The molecule has 8 heteroatoms. The fourth-order valence-corrected chi connectivity index (χ4v) is 3.26. The van der Waals surface area contributed by atoms with Gasteiger partial charge in [0.05, 0.1) is 10.6 Å². The summed E-state index contributed by atoms with van der Waals surface area (Å²) in [4.78, 5) is 37.7. The van der Waals surface area contributed by atoms with E-state index in [-0.39, 0.29) is 35.3 Å². The number of nitrogens with two attached hydrogens (primary N) is 1. The molecule has 3 amide bonds. The fraction of sp³-hybridized carbons (Fsp3) is 0.0714. The van der Waals surface area contributed by atoms with Crippen LogP contribution >= 0.6 is 22.9 Å². The molecule has 0 saturated heterocycles. The normalized spacial score (nSPS) is 16.1. The molecule has 2 N–H and O–H groups in total. The molecular formula is C14H10ClN2NaO3S. The van der Waals surface area contributed by atoms with E-state index in [1.165, 1.54) is 23.5 Å². The number of urea groups is 1. The number of fused-ring (bicyclic) bond motifs is 1. The number of halogens is 1. The molecule has 0 bridgehead atoms. The molecule has 0 aliphatic carbocycles. The molecule has 0 spiro atoms. The number of ketones is 1. The Labute approximate surface area is 157 Å². The van der Waals surface area contributed by atoms with E-state index in [4.69, 9.17) is 17.3 Å². The first-order chi connectivity index (χ1) is 10.0. The molecule has 22 heavy (non-hydrogen) atoms. The number of carbonyl (C=O) groups excluding carboxylic acids is 3. The molecule has 1 unspecified atom stereocenters. The molecule has 1 aromatic carbocycles. The fourth-order valence-electron chi connectivity index (χ4n) is 2.38.